The fraction of sp³-hybridized carbons (Fsp3) is 0.500. The summed E-state index contributed by atoms with van der Waals surface area (Å²) >= 11 is 0. The Morgan fingerprint density at radius 3 is 2.71 bits per heavy atom. The Labute approximate surface area is 100 Å². The van der Waals surface area contributed by atoms with Gasteiger partial charge in [-0.25, -0.2) is 13.4 Å². The second-order valence-corrected chi connectivity index (χ2v) is 5.30. The molecule has 0 aromatic carbocycles. The highest BCUT2D eigenvalue weighted by molar-refractivity contribution is 7.92. The highest BCUT2D eigenvalue weighted by Gasteiger charge is 2.13. The summed E-state index contributed by atoms with van der Waals surface area (Å²) in [7, 11) is -1.65. The summed E-state index contributed by atoms with van der Waals surface area (Å²) < 4.78 is 24.7. The molecule has 5 N–H and O–H groups in total. The quantitative estimate of drug-likeness (QED) is 0.608. The summed E-state index contributed by atoms with van der Waals surface area (Å²) in [5.74, 6) is 0.469. The van der Waals surface area contributed by atoms with Crippen LogP contribution in [0.2, 0.25) is 0 Å². The normalized spacial score (nSPS) is 11.2. The van der Waals surface area contributed by atoms with Gasteiger partial charge in [-0.05, 0) is 0 Å². The van der Waals surface area contributed by atoms with Gasteiger partial charge in [-0.15, -0.1) is 0 Å². The average Bonchev–Trinajstić information content (AvgIpc) is 2.19. The van der Waals surface area contributed by atoms with Gasteiger partial charge < -0.3 is 16.4 Å². The van der Waals surface area contributed by atoms with E-state index >= 15 is 0 Å². The van der Waals surface area contributed by atoms with Crippen molar-refractivity contribution >= 4 is 27.5 Å². The summed E-state index contributed by atoms with van der Waals surface area (Å²) in [6, 6.07) is 0. The summed E-state index contributed by atoms with van der Waals surface area (Å²) in [5.41, 5.74) is 11.2. The lowest BCUT2D eigenvalue weighted by atomic mass is 10.4. The number of nitrogens with one attached hydrogen (secondary N) is 1. The maximum atomic E-state index is 11.2. The molecule has 96 valence electrons. The molecule has 1 aromatic rings. The third-order valence-electron chi connectivity index (χ3n) is 1.91. The van der Waals surface area contributed by atoms with Crippen LogP contribution in [0.15, 0.2) is 6.20 Å². The third-order valence-corrected chi connectivity index (χ3v) is 2.50. The largest absolute Gasteiger partial charge is 0.368 e. The monoisotopic (exact) mass is 260 g/mol. The number of likely N-dealkylation sites (N-methyl/N-ethyl adjacent to an activating group) is 1. The van der Waals surface area contributed by atoms with Crippen molar-refractivity contribution in [2.75, 3.05) is 41.7 Å². The lowest BCUT2D eigenvalue weighted by molar-refractivity contribution is 0.606. The smallest absolute Gasteiger partial charge is 0.229 e. The highest BCUT2D eigenvalue weighted by Crippen LogP contribution is 2.22. The fourth-order valence-electron chi connectivity index (χ4n) is 1.25. The molecule has 0 amide bonds. The van der Waals surface area contributed by atoms with Gasteiger partial charge in [-0.1, -0.05) is 0 Å². The van der Waals surface area contributed by atoms with Gasteiger partial charge in [0.15, 0.2) is 5.82 Å². The number of nitrogen functional groups attached to an aromatic ring is 1. The fourth-order valence-corrected chi connectivity index (χ4v) is 1.79. The number of hydrogen-bond donors (Lipinski definition) is 3. The van der Waals surface area contributed by atoms with E-state index in [1.807, 2.05) is 0 Å². The van der Waals surface area contributed by atoms with Crippen LogP contribution in [0, 0.1) is 0 Å². The molecule has 9 heteroatoms. The first-order chi connectivity index (χ1) is 7.83. The molecule has 0 aliphatic heterocycles. The minimum atomic E-state index is -3.39. The van der Waals surface area contributed by atoms with E-state index in [9.17, 15) is 8.42 Å². The Kier molecular flexibility index (Phi) is 4.07. The van der Waals surface area contributed by atoms with E-state index in [0.29, 0.717) is 18.9 Å². The zero-order valence-electron chi connectivity index (χ0n) is 9.71. The van der Waals surface area contributed by atoms with Crippen molar-refractivity contribution < 1.29 is 8.42 Å². The highest BCUT2D eigenvalue weighted by atomic mass is 32.2. The Morgan fingerprint density at radius 1 is 1.53 bits per heavy atom. The predicted molar refractivity (Wildman–Crippen MR) is 67.2 cm³/mol. The molecule has 0 bridgehead atoms. The Balaban J connectivity index is 3.12. The molecule has 0 atom stereocenters. The van der Waals surface area contributed by atoms with E-state index in [1.165, 1.54) is 6.20 Å². The molecule has 1 heterocycles. The van der Waals surface area contributed by atoms with Crippen LogP contribution >= 0.6 is 0 Å². The van der Waals surface area contributed by atoms with Gasteiger partial charge in [0, 0.05) is 20.1 Å². The molecular formula is C8H16N6O2S. The van der Waals surface area contributed by atoms with E-state index in [0.717, 1.165) is 6.26 Å². The van der Waals surface area contributed by atoms with E-state index in [1.54, 1.807) is 11.9 Å². The van der Waals surface area contributed by atoms with Crippen molar-refractivity contribution in [1.29, 1.82) is 0 Å². The number of nitrogens with zero attached hydrogens (tertiary/aromatic N) is 3. The molecule has 17 heavy (non-hydrogen) atoms. The minimum Gasteiger partial charge on any atom is -0.368 e. The van der Waals surface area contributed by atoms with E-state index in [4.69, 9.17) is 11.5 Å². The van der Waals surface area contributed by atoms with Crippen LogP contribution < -0.4 is 21.1 Å². The van der Waals surface area contributed by atoms with Crippen molar-refractivity contribution in [3.8, 4) is 0 Å². The first-order valence-corrected chi connectivity index (χ1v) is 6.74. The second-order valence-electron chi connectivity index (χ2n) is 3.55. The van der Waals surface area contributed by atoms with Gasteiger partial charge in [0.05, 0.1) is 12.5 Å². The molecule has 0 unspecified atom stereocenters. The van der Waals surface area contributed by atoms with E-state index < -0.39 is 10.0 Å². The number of nitrogens with two attached hydrogens (primary N) is 2. The lowest BCUT2D eigenvalue weighted by Gasteiger charge is -2.20. The molecule has 0 fully saturated rings. The summed E-state index contributed by atoms with van der Waals surface area (Å²) in [6.07, 6.45) is 2.38. The molecule has 8 nitrogen and oxygen atoms in total. The zero-order chi connectivity index (χ0) is 13.1. The maximum absolute atomic E-state index is 11.2. The van der Waals surface area contributed by atoms with Crippen LogP contribution in [0.5, 0.6) is 0 Å². The topological polar surface area (TPSA) is 127 Å². The molecule has 1 aromatic heterocycles. The predicted octanol–water partition coefficient (Wildman–Crippen LogP) is -1.17. The van der Waals surface area contributed by atoms with Crippen molar-refractivity contribution in [2.24, 2.45) is 5.73 Å². The molecule has 0 saturated carbocycles. The Bertz CT molecular complexity index is 489. The average molecular weight is 260 g/mol. The zero-order valence-corrected chi connectivity index (χ0v) is 10.5. The number of rotatable bonds is 5. The van der Waals surface area contributed by atoms with Crippen LogP contribution in [-0.4, -0.2) is 44.8 Å². The van der Waals surface area contributed by atoms with Crippen molar-refractivity contribution in [3.05, 3.63) is 6.20 Å². The van der Waals surface area contributed by atoms with Gasteiger partial charge in [0.1, 0.15) is 5.69 Å². The SMILES string of the molecule is CN(CCN)c1nc(N)ncc1NS(C)(=O)=O. The van der Waals surface area contributed by atoms with Crippen LogP contribution in [0.1, 0.15) is 0 Å². The second kappa shape index (κ2) is 5.15. The molecule has 0 spiro atoms. The number of sulfonamides is 1. The van der Waals surface area contributed by atoms with Gasteiger partial charge >= 0.3 is 0 Å². The summed E-state index contributed by atoms with van der Waals surface area (Å²) in [4.78, 5) is 9.43. The van der Waals surface area contributed by atoms with Crippen molar-refractivity contribution in [1.82, 2.24) is 9.97 Å². The van der Waals surface area contributed by atoms with E-state index in [-0.39, 0.29) is 11.6 Å². The Morgan fingerprint density at radius 2 is 2.18 bits per heavy atom. The van der Waals surface area contributed by atoms with Gasteiger partial charge in [-0.2, -0.15) is 4.98 Å². The molecule has 1 rings (SSSR count). The Hall–Kier alpha value is -1.61. The van der Waals surface area contributed by atoms with Crippen molar-refractivity contribution in [3.63, 3.8) is 0 Å². The first kappa shape index (κ1) is 13.5. The van der Waals surface area contributed by atoms with Crippen molar-refractivity contribution in [2.45, 2.75) is 0 Å². The summed E-state index contributed by atoms with van der Waals surface area (Å²) in [6.45, 7) is 0.938. The van der Waals surface area contributed by atoms with Crippen LogP contribution in [0.25, 0.3) is 0 Å². The third kappa shape index (κ3) is 4.04. The molecule has 0 aliphatic carbocycles. The molecule has 0 saturated heterocycles. The first-order valence-electron chi connectivity index (χ1n) is 4.85. The number of hydrogen-bond acceptors (Lipinski definition) is 7. The van der Waals surface area contributed by atoms with Gasteiger partial charge in [0.2, 0.25) is 16.0 Å². The lowest BCUT2D eigenvalue weighted by Crippen LogP contribution is -2.27. The standard InChI is InChI=1S/C8H16N6O2S/c1-14(4-3-9)7-6(13-17(2,15)16)5-11-8(10)12-7/h5,13H,3-4,9H2,1-2H3,(H2,10,11,12). The van der Waals surface area contributed by atoms with E-state index in [2.05, 4.69) is 14.7 Å². The molecular weight excluding hydrogens is 244 g/mol. The molecule has 0 radical (unpaired) electrons. The minimum absolute atomic E-state index is 0.0722. The van der Waals surface area contributed by atoms with Gasteiger partial charge in [0.25, 0.3) is 0 Å². The molecule has 0 aliphatic rings. The number of aromatic nitrogens is 2. The van der Waals surface area contributed by atoms with Crippen LogP contribution in [0.3, 0.4) is 0 Å². The number of anilines is 3. The summed E-state index contributed by atoms with van der Waals surface area (Å²) in [5, 5.41) is 0. The van der Waals surface area contributed by atoms with Crippen LogP contribution in [-0.2, 0) is 10.0 Å². The van der Waals surface area contributed by atoms with Gasteiger partial charge in [-0.3, -0.25) is 4.72 Å². The van der Waals surface area contributed by atoms with Crippen LogP contribution in [0.4, 0.5) is 17.5 Å². The maximum Gasteiger partial charge on any atom is 0.229 e.